The van der Waals surface area contributed by atoms with E-state index >= 15 is 0 Å². The fourth-order valence-corrected chi connectivity index (χ4v) is 5.34. The van der Waals surface area contributed by atoms with E-state index in [0.717, 1.165) is 38.9 Å². The number of rotatable bonds is 8. The third kappa shape index (κ3) is 6.71. The molecule has 1 fully saturated rings. The van der Waals surface area contributed by atoms with Crippen LogP contribution < -0.4 is 19.5 Å². The Morgan fingerprint density at radius 1 is 1.06 bits per heavy atom. The molecule has 0 spiro atoms. The SMILES string of the molecule is Cc1cccc(CN2CCC(NC(=O)CCNS(=O)(=O)c3ccc4c(c3)OCCCO4)CC2)c1. The van der Waals surface area contributed by atoms with Crippen LogP contribution in [0.3, 0.4) is 0 Å². The van der Waals surface area contributed by atoms with E-state index in [-0.39, 0.29) is 29.8 Å². The number of fused-ring (bicyclic) bond motifs is 1. The quantitative estimate of drug-likeness (QED) is 0.594. The average molecular weight is 488 g/mol. The van der Waals surface area contributed by atoms with E-state index < -0.39 is 10.0 Å². The molecule has 2 aliphatic heterocycles. The van der Waals surface area contributed by atoms with Crippen LogP contribution in [0.4, 0.5) is 0 Å². The van der Waals surface area contributed by atoms with Crippen molar-refractivity contribution in [2.75, 3.05) is 32.8 Å². The number of hydrogen-bond donors (Lipinski definition) is 2. The van der Waals surface area contributed by atoms with E-state index in [9.17, 15) is 13.2 Å². The second kappa shape index (κ2) is 11.2. The maximum absolute atomic E-state index is 12.6. The zero-order valence-corrected chi connectivity index (χ0v) is 20.4. The van der Waals surface area contributed by atoms with Gasteiger partial charge in [-0.2, -0.15) is 0 Å². The van der Waals surface area contributed by atoms with Crippen LogP contribution >= 0.6 is 0 Å². The second-order valence-corrected chi connectivity index (χ2v) is 10.7. The fraction of sp³-hybridized carbons (Fsp3) is 0.480. The number of amides is 1. The molecule has 0 atom stereocenters. The predicted octanol–water partition coefficient (Wildman–Crippen LogP) is 2.61. The van der Waals surface area contributed by atoms with Gasteiger partial charge < -0.3 is 14.8 Å². The molecule has 2 aromatic carbocycles. The van der Waals surface area contributed by atoms with Crippen LogP contribution in [0.15, 0.2) is 47.4 Å². The van der Waals surface area contributed by atoms with Crippen LogP contribution in [0.2, 0.25) is 0 Å². The minimum atomic E-state index is -3.75. The number of aryl methyl sites for hydroxylation is 1. The van der Waals surface area contributed by atoms with Crippen molar-refractivity contribution in [2.24, 2.45) is 0 Å². The Morgan fingerprint density at radius 2 is 1.82 bits per heavy atom. The molecule has 9 heteroatoms. The summed E-state index contributed by atoms with van der Waals surface area (Å²) in [5.41, 5.74) is 2.57. The van der Waals surface area contributed by atoms with Crippen LogP contribution in [-0.4, -0.2) is 58.1 Å². The highest BCUT2D eigenvalue weighted by molar-refractivity contribution is 7.89. The van der Waals surface area contributed by atoms with E-state index in [1.807, 2.05) is 0 Å². The van der Waals surface area contributed by atoms with Gasteiger partial charge in [-0.05, 0) is 37.5 Å². The first kappa shape index (κ1) is 24.5. The number of nitrogens with zero attached hydrogens (tertiary/aromatic N) is 1. The molecule has 0 bridgehead atoms. The van der Waals surface area contributed by atoms with Crippen LogP contribution in [0.5, 0.6) is 11.5 Å². The van der Waals surface area contributed by atoms with Gasteiger partial charge in [0.2, 0.25) is 15.9 Å². The topological polar surface area (TPSA) is 97.0 Å². The summed E-state index contributed by atoms with van der Waals surface area (Å²) in [6, 6.07) is 13.2. The number of hydrogen-bond acceptors (Lipinski definition) is 6. The van der Waals surface area contributed by atoms with E-state index in [1.165, 1.54) is 23.3 Å². The number of benzene rings is 2. The van der Waals surface area contributed by atoms with E-state index in [4.69, 9.17) is 9.47 Å². The molecule has 2 heterocycles. The van der Waals surface area contributed by atoms with Gasteiger partial charge in [-0.25, -0.2) is 13.1 Å². The third-order valence-electron chi connectivity index (χ3n) is 6.11. The van der Waals surface area contributed by atoms with Gasteiger partial charge in [-0.3, -0.25) is 9.69 Å². The molecule has 184 valence electrons. The largest absolute Gasteiger partial charge is 0.490 e. The minimum absolute atomic E-state index is 0.0365. The summed E-state index contributed by atoms with van der Waals surface area (Å²) in [4.78, 5) is 14.9. The number of sulfonamides is 1. The molecule has 0 aromatic heterocycles. The van der Waals surface area contributed by atoms with Gasteiger partial charge in [-0.15, -0.1) is 0 Å². The van der Waals surface area contributed by atoms with Crippen molar-refractivity contribution in [1.29, 1.82) is 0 Å². The molecule has 8 nitrogen and oxygen atoms in total. The molecule has 0 aliphatic carbocycles. The van der Waals surface area contributed by atoms with Gasteiger partial charge >= 0.3 is 0 Å². The van der Waals surface area contributed by atoms with Crippen molar-refractivity contribution in [3.05, 3.63) is 53.6 Å². The zero-order valence-electron chi connectivity index (χ0n) is 19.6. The Balaban J connectivity index is 1.19. The van der Waals surface area contributed by atoms with Crippen LogP contribution in [-0.2, 0) is 21.4 Å². The summed E-state index contributed by atoms with van der Waals surface area (Å²) in [5.74, 6) is 0.825. The molecule has 4 rings (SSSR count). The predicted molar refractivity (Wildman–Crippen MR) is 129 cm³/mol. The number of ether oxygens (including phenoxy) is 2. The Kier molecular flexibility index (Phi) is 8.07. The molecule has 0 radical (unpaired) electrons. The van der Waals surface area contributed by atoms with Crippen molar-refractivity contribution in [1.82, 2.24) is 14.9 Å². The van der Waals surface area contributed by atoms with Gasteiger partial charge in [0.15, 0.2) is 11.5 Å². The normalized spacial score (nSPS) is 17.2. The maximum Gasteiger partial charge on any atom is 0.240 e. The Labute approximate surface area is 201 Å². The van der Waals surface area contributed by atoms with Crippen LogP contribution in [0, 0.1) is 6.92 Å². The molecule has 1 saturated heterocycles. The summed E-state index contributed by atoms with van der Waals surface area (Å²) in [6.45, 7) is 5.93. The lowest BCUT2D eigenvalue weighted by Crippen LogP contribution is -2.45. The highest BCUT2D eigenvalue weighted by atomic mass is 32.2. The first-order chi connectivity index (χ1) is 16.4. The molecule has 34 heavy (non-hydrogen) atoms. The molecule has 2 aliphatic rings. The van der Waals surface area contributed by atoms with Crippen LogP contribution in [0.25, 0.3) is 0 Å². The van der Waals surface area contributed by atoms with Crippen molar-refractivity contribution in [2.45, 2.75) is 50.1 Å². The molecule has 2 aromatic rings. The summed E-state index contributed by atoms with van der Waals surface area (Å²) in [7, 11) is -3.75. The molecule has 0 unspecified atom stereocenters. The molecule has 1 amide bonds. The number of nitrogens with one attached hydrogen (secondary N) is 2. The molecular weight excluding hydrogens is 454 g/mol. The van der Waals surface area contributed by atoms with Gasteiger partial charge in [0.25, 0.3) is 0 Å². The zero-order chi connectivity index (χ0) is 24.0. The Morgan fingerprint density at radius 3 is 2.59 bits per heavy atom. The van der Waals surface area contributed by atoms with Gasteiger partial charge in [-0.1, -0.05) is 29.8 Å². The molecule has 2 N–H and O–H groups in total. The summed E-state index contributed by atoms with van der Waals surface area (Å²) in [5, 5.41) is 3.05. The van der Waals surface area contributed by atoms with Crippen LogP contribution in [0.1, 0.15) is 36.8 Å². The smallest absolute Gasteiger partial charge is 0.240 e. The van der Waals surface area contributed by atoms with Gasteiger partial charge in [0.05, 0.1) is 18.1 Å². The number of likely N-dealkylation sites (tertiary alicyclic amines) is 1. The summed E-state index contributed by atoms with van der Waals surface area (Å²) in [6.07, 6.45) is 2.62. The minimum Gasteiger partial charge on any atom is -0.490 e. The Hall–Kier alpha value is -2.62. The second-order valence-electron chi connectivity index (χ2n) is 8.91. The van der Waals surface area contributed by atoms with Crippen molar-refractivity contribution in [3.8, 4) is 11.5 Å². The highest BCUT2D eigenvalue weighted by Gasteiger charge is 2.22. The molecular formula is C25H33N3O5S. The number of piperidine rings is 1. The highest BCUT2D eigenvalue weighted by Crippen LogP contribution is 2.31. The van der Waals surface area contributed by atoms with Crippen molar-refractivity contribution >= 4 is 15.9 Å². The van der Waals surface area contributed by atoms with E-state index in [2.05, 4.69) is 46.1 Å². The average Bonchev–Trinajstić information content (AvgIpc) is 3.05. The van der Waals surface area contributed by atoms with Gasteiger partial charge in [0.1, 0.15) is 0 Å². The van der Waals surface area contributed by atoms with Crippen molar-refractivity contribution < 1.29 is 22.7 Å². The van der Waals surface area contributed by atoms with E-state index in [0.29, 0.717) is 24.7 Å². The first-order valence-electron chi connectivity index (χ1n) is 11.9. The summed E-state index contributed by atoms with van der Waals surface area (Å²) < 4.78 is 38.9. The Bertz CT molecular complexity index is 1100. The molecule has 0 saturated carbocycles. The number of carbonyl (C=O) groups is 1. The van der Waals surface area contributed by atoms with Crippen molar-refractivity contribution in [3.63, 3.8) is 0 Å². The third-order valence-corrected chi connectivity index (χ3v) is 7.57. The summed E-state index contributed by atoms with van der Waals surface area (Å²) >= 11 is 0. The number of carbonyl (C=O) groups excluding carboxylic acids is 1. The monoisotopic (exact) mass is 487 g/mol. The lowest BCUT2D eigenvalue weighted by atomic mass is 10.0. The fourth-order valence-electron chi connectivity index (χ4n) is 4.30. The first-order valence-corrected chi connectivity index (χ1v) is 13.3. The maximum atomic E-state index is 12.6. The van der Waals surface area contributed by atoms with E-state index in [1.54, 1.807) is 6.07 Å². The lowest BCUT2D eigenvalue weighted by molar-refractivity contribution is -0.121. The lowest BCUT2D eigenvalue weighted by Gasteiger charge is -2.32. The van der Waals surface area contributed by atoms with Gasteiger partial charge in [0, 0.05) is 51.1 Å². The standard InChI is InChI=1S/C25H33N3O5S/c1-19-4-2-5-20(16-19)18-28-12-9-21(10-13-28)27-25(29)8-11-26-34(30,31)22-6-7-23-24(17-22)33-15-3-14-32-23/h2,4-7,16-17,21,26H,3,8-15,18H2,1H3,(H,27,29).